The van der Waals surface area contributed by atoms with Crippen LogP contribution in [0.15, 0.2) is 0 Å². The molecule has 0 aromatic heterocycles. The molecule has 0 amide bonds. The van der Waals surface area contributed by atoms with E-state index in [1.165, 1.54) is 0 Å². The Morgan fingerprint density at radius 2 is 2.00 bits per heavy atom. The molecule has 0 aromatic rings. The molecule has 1 saturated heterocycles. The van der Waals surface area contributed by atoms with Gasteiger partial charge >= 0.3 is 0 Å². The number of nitrogens with one attached hydrogen (secondary N) is 1. The second kappa shape index (κ2) is 6.54. The molecule has 1 fully saturated rings. The van der Waals surface area contributed by atoms with E-state index in [2.05, 4.69) is 17.1 Å². The van der Waals surface area contributed by atoms with Crippen LogP contribution in [0, 0.1) is 0 Å². The number of nitrogens with two attached hydrogens (primary N) is 1. The maximum atomic E-state index is 10.7. The summed E-state index contributed by atoms with van der Waals surface area (Å²) in [5.41, 5.74) is 0. The Bertz CT molecular complexity index is 284. The quantitative estimate of drug-likeness (QED) is 0.636. The molecular weight excluding hydrogens is 226 g/mol. The lowest BCUT2D eigenvalue weighted by atomic mass is 10.1. The van der Waals surface area contributed by atoms with E-state index in [4.69, 9.17) is 5.14 Å². The van der Waals surface area contributed by atoms with Crippen LogP contribution in [0.25, 0.3) is 0 Å². The number of likely N-dealkylation sites (tertiary alicyclic amines) is 1. The number of piperidine rings is 1. The van der Waals surface area contributed by atoms with E-state index in [9.17, 15) is 8.42 Å². The third-order valence-electron chi connectivity index (χ3n) is 3.07. The van der Waals surface area contributed by atoms with Gasteiger partial charge in [0.25, 0.3) is 0 Å². The Morgan fingerprint density at radius 3 is 2.50 bits per heavy atom. The van der Waals surface area contributed by atoms with Crippen LogP contribution in [0.1, 0.15) is 26.2 Å². The van der Waals surface area contributed by atoms with Gasteiger partial charge in [0, 0.05) is 6.04 Å². The Kier molecular flexibility index (Phi) is 5.68. The zero-order chi connectivity index (χ0) is 12.0. The maximum Gasteiger partial charge on any atom is 0.209 e. The van der Waals surface area contributed by atoms with E-state index in [1.54, 1.807) is 0 Å². The smallest absolute Gasteiger partial charge is 0.209 e. The van der Waals surface area contributed by atoms with Crippen LogP contribution < -0.4 is 10.5 Å². The van der Waals surface area contributed by atoms with E-state index < -0.39 is 10.0 Å². The molecule has 5 nitrogen and oxygen atoms in total. The Labute approximate surface area is 98.4 Å². The fraction of sp³-hybridized carbons (Fsp3) is 1.00. The van der Waals surface area contributed by atoms with Crippen molar-refractivity contribution < 1.29 is 8.42 Å². The van der Waals surface area contributed by atoms with E-state index in [0.717, 1.165) is 39.0 Å². The molecule has 0 atom stereocenters. The molecule has 0 unspecified atom stereocenters. The normalized spacial score (nSPS) is 20.1. The molecule has 96 valence electrons. The highest BCUT2D eigenvalue weighted by Gasteiger charge is 2.17. The predicted octanol–water partition coefficient (Wildman–Crippen LogP) is -0.261. The van der Waals surface area contributed by atoms with Gasteiger partial charge < -0.3 is 10.2 Å². The fourth-order valence-corrected chi connectivity index (χ4v) is 2.58. The van der Waals surface area contributed by atoms with E-state index in [0.29, 0.717) is 12.5 Å². The molecule has 0 spiro atoms. The average molecular weight is 249 g/mol. The first-order valence-electron chi connectivity index (χ1n) is 5.97. The lowest BCUT2D eigenvalue weighted by Crippen LogP contribution is -2.42. The van der Waals surface area contributed by atoms with Crippen molar-refractivity contribution in [2.24, 2.45) is 5.14 Å². The average Bonchev–Trinajstić information content (AvgIpc) is 2.24. The van der Waals surface area contributed by atoms with Crippen LogP contribution in [0.2, 0.25) is 0 Å². The van der Waals surface area contributed by atoms with Crippen LogP contribution in [-0.4, -0.2) is 51.3 Å². The van der Waals surface area contributed by atoms with E-state index in [-0.39, 0.29) is 5.75 Å². The lowest BCUT2D eigenvalue weighted by Gasteiger charge is -2.31. The molecule has 0 saturated carbocycles. The van der Waals surface area contributed by atoms with Crippen molar-refractivity contribution in [1.82, 2.24) is 10.2 Å². The summed E-state index contributed by atoms with van der Waals surface area (Å²) in [6.45, 7) is 6.33. The van der Waals surface area contributed by atoms with Crippen molar-refractivity contribution in [2.45, 2.75) is 32.2 Å². The predicted molar refractivity (Wildman–Crippen MR) is 65.7 cm³/mol. The van der Waals surface area contributed by atoms with Gasteiger partial charge in [-0.2, -0.15) is 0 Å². The highest BCUT2D eigenvalue weighted by molar-refractivity contribution is 7.89. The maximum absolute atomic E-state index is 10.7. The molecule has 0 bridgehead atoms. The number of primary sulfonamides is 1. The first-order chi connectivity index (χ1) is 7.51. The van der Waals surface area contributed by atoms with Crippen LogP contribution in [-0.2, 0) is 10.0 Å². The SMILES string of the molecule is CCN1CCC(NCCCS(N)(=O)=O)CC1. The van der Waals surface area contributed by atoms with Crippen molar-refractivity contribution >= 4 is 10.0 Å². The van der Waals surface area contributed by atoms with Crippen molar-refractivity contribution in [3.8, 4) is 0 Å². The van der Waals surface area contributed by atoms with Gasteiger partial charge in [0.15, 0.2) is 0 Å². The Balaban J connectivity index is 2.07. The highest BCUT2D eigenvalue weighted by atomic mass is 32.2. The summed E-state index contributed by atoms with van der Waals surface area (Å²) in [5.74, 6) is 0.0772. The van der Waals surface area contributed by atoms with Crippen molar-refractivity contribution in [3.05, 3.63) is 0 Å². The van der Waals surface area contributed by atoms with Gasteiger partial charge in [-0.25, -0.2) is 13.6 Å². The van der Waals surface area contributed by atoms with Gasteiger partial charge in [-0.15, -0.1) is 0 Å². The minimum Gasteiger partial charge on any atom is -0.314 e. The summed E-state index contributed by atoms with van der Waals surface area (Å²) in [7, 11) is -3.29. The Hall–Kier alpha value is -0.170. The second-order valence-electron chi connectivity index (χ2n) is 4.38. The standard InChI is InChI=1S/C10H23N3O2S/c1-2-13-7-4-10(5-8-13)12-6-3-9-16(11,14)15/h10,12H,2-9H2,1H3,(H2,11,14,15). The van der Waals surface area contributed by atoms with Gasteiger partial charge in [-0.1, -0.05) is 6.92 Å². The summed E-state index contributed by atoms with van der Waals surface area (Å²) >= 11 is 0. The topological polar surface area (TPSA) is 75.4 Å². The third kappa shape index (κ3) is 5.79. The number of rotatable bonds is 6. The molecule has 3 N–H and O–H groups in total. The molecule has 1 aliphatic rings. The number of hydrogen-bond donors (Lipinski definition) is 2. The van der Waals surface area contributed by atoms with Gasteiger partial charge in [-0.3, -0.25) is 0 Å². The first-order valence-corrected chi connectivity index (χ1v) is 7.69. The molecule has 0 radical (unpaired) electrons. The first kappa shape index (κ1) is 13.9. The summed E-state index contributed by atoms with van der Waals surface area (Å²) < 4.78 is 21.4. The molecule has 1 aliphatic heterocycles. The van der Waals surface area contributed by atoms with Crippen LogP contribution >= 0.6 is 0 Å². The second-order valence-corrected chi connectivity index (χ2v) is 6.12. The summed E-state index contributed by atoms with van der Waals surface area (Å²) in [6.07, 6.45) is 2.92. The van der Waals surface area contributed by atoms with E-state index >= 15 is 0 Å². The summed E-state index contributed by atoms with van der Waals surface area (Å²) in [6, 6.07) is 0.545. The monoisotopic (exact) mass is 249 g/mol. The van der Waals surface area contributed by atoms with Crippen LogP contribution in [0.4, 0.5) is 0 Å². The van der Waals surface area contributed by atoms with Crippen LogP contribution in [0.3, 0.4) is 0 Å². The molecule has 0 aliphatic carbocycles. The lowest BCUT2D eigenvalue weighted by molar-refractivity contribution is 0.207. The number of nitrogens with zero attached hydrogens (tertiary/aromatic N) is 1. The van der Waals surface area contributed by atoms with Gasteiger partial charge in [-0.05, 0) is 45.4 Å². The molecular formula is C10H23N3O2S. The fourth-order valence-electron chi connectivity index (χ4n) is 2.03. The largest absolute Gasteiger partial charge is 0.314 e. The molecule has 16 heavy (non-hydrogen) atoms. The molecule has 1 heterocycles. The van der Waals surface area contributed by atoms with Crippen molar-refractivity contribution in [3.63, 3.8) is 0 Å². The minimum absolute atomic E-state index is 0.0772. The highest BCUT2D eigenvalue weighted by Crippen LogP contribution is 2.09. The summed E-state index contributed by atoms with van der Waals surface area (Å²) in [4.78, 5) is 2.43. The van der Waals surface area contributed by atoms with Gasteiger partial charge in [0.05, 0.1) is 5.75 Å². The number of sulfonamides is 1. The van der Waals surface area contributed by atoms with Crippen molar-refractivity contribution in [1.29, 1.82) is 0 Å². The zero-order valence-electron chi connectivity index (χ0n) is 9.98. The summed E-state index contributed by atoms with van der Waals surface area (Å²) in [5, 5.41) is 8.32. The van der Waals surface area contributed by atoms with Gasteiger partial charge in [0.2, 0.25) is 10.0 Å². The van der Waals surface area contributed by atoms with Gasteiger partial charge in [0.1, 0.15) is 0 Å². The van der Waals surface area contributed by atoms with Crippen LogP contribution in [0.5, 0.6) is 0 Å². The third-order valence-corrected chi connectivity index (χ3v) is 3.93. The van der Waals surface area contributed by atoms with E-state index in [1.807, 2.05) is 0 Å². The molecule has 6 heteroatoms. The molecule has 0 aromatic carbocycles. The minimum atomic E-state index is -3.29. The zero-order valence-corrected chi connectivity index (χ0v) is 10.8. The van der Waals surface area contributed by atoms with Crippen molar-refractivity contribution in [2.75, 3.05) is 31.9 Å². The molecule has 1 rings (SSSR count). The number of hydrogen-bond acceptors (Lipinski definition) is 4. The Morgan fingerprint density at radius 1 is 1.38 bits per heavy atom.